The molecule has 1 aliphatic carbocycles. The number of ketones is 1. The molecule has 1 atom stereocenters. The zero-order valence-electron chi connectivity index (χ0n) is 17.7. The Balaban J connectivity index is 1.81. The lowest BCUT2D eigenvalue weighted by molar-refractivity contribution is -0.116. The number of anilines is 1. The van der Waals surface area contributed by atoms with Crippen LogP contribution in [0.25, 0.3) is 5.76 Å². The molecule has 0 amide bonds. The minimum Gasteiger partial charge on any atom is -0.507 e. The lowest BCUT2D eigenvalue weighted by Crippen LogP contribution is -2.42. The second-order valence-corrected chi connectivity index (χ2v) is 9.09. The number of aliphatic hydroxyl groups excluding tert-OH is 1. The number of thiophene rings is 1. The largest absolute Gasteiger partial charge is 0.507 e. The number of nitrogens with zero attached hydrogens (tertiary/aromatic N) is 2. The first-order chi connectivity index (χ1) is 15.6. The summed E-state index contributed by atoms with van der Waals surface area (Å²) in [5, 5.41) is 22.7. The summed E-state index contributed by atoms with van der Waals surface area (Å²) in [6, 6.07) is 15.2. The van der Waals surface area contributed by atoms with Crippen LogP contribution in [-0.2, 0) is 4.79 Å². The molecule has 5 nitrogen and oxygen atoms in total. The average molecular weight is 442 g/mol. The van der Waals surface area contributed by atoms with Crippen molar-refractivity contribution in [1.29, 1.82) is 5.41 Å². The van der Waals surface area contributed by atoms with Crippen LogP contribution in [0.5, 0.6) is 0 Å². The number of aryl methyl sites for hydroxylation is 1. The number of carbonyl (C=O) groups excluding carboxylic acids is 1. The maximum Gasteiger partial charge on any atom is 0.161 e. The molecule has 5 rings (SSSR count). The summed E-state index contributed by atoms with van der Waals surface area (Å²) >= 11 is 1.55. The molecule has 1 unspecified atom stereocenters. The van der Waals surface area contributed by atoms with Crippen LogP contribution in [0.4, 0.5) is 5.69 Å². The Hall–Kier alpha value is -3.51. The Kier molecular flexibility index (Phi) is 5.23. The van der Waals surface area contributed by atoms with Gasteiger partial charge in [-0.3, -0.25) is 20.1 Å². The van der Waals surface area contributed by atoms with Crippen LogP contribution >= 0.6 is 11.3 Å². The van der Waals surface area contributed by atoms with Crippen molar-refractivity contribution >= 4 is 34.4 Å². The summed E-state index contributed by atoms with van der Waals surface area (Å²) in [6.45, 7) is 1.99. The van der Waals surface area contributed by atoms with Gasteiger partial charge in [0.25, 0.3) is 0 Å². The molecule has 2 aliphatic rings. The maximum atomic E-state index is 13.3. The van der Waals surface area contributed by atoms with Crippen LogP contribution in [0.2, 0.25) is 0 Å². The highest BCUT2D eigenvalue weighted by atomic mass is 32.1. The number of carbonyl (C=O) groups is 1. The van der Waals surface area contributed by atoms with Gasteiger partial charge in [-0.15, -0.1) is 11.3 Å². The number of Topliss-reactive ketones (excluding diaryl/α,β-unsaturated/α-hetero) is 1. The number of nitrogens with one attached hydrogen (secondary N) is 1. The lowest BCUT2D eigenvalue weighted by Gasteiger charge is -2.41. The third-order valence-corrected chi connectivity index (χ3v) is 7.00. The predicted octanol–water partition coefficient (Wildman–Crippen LogP) is 6.01. The summed E-state index contributed by atoms with van der Waals surface area (Å²) < 4.78 is 0. The van der Waals surface area contributed by atoms with E-state index in [0.717, 1.165) is 28.2 Å². The van der Waals surface area contributed by atoms with E-state index >= 15 is 0 Å². The fourth-order valence-corrected chi connectivity index (χ4v) is 5.41. The molecule has 0 spiro atoms. The molecular formula is C26H23N3O2S. The first-order valence-electron chi connectivity index (χ1n) is 10.6. The zero-order valence-corrected chi connectivity index (χ0v) is 18.5. The van der Waals surface area contributed by atoms with Crippen molar-refractivity contribution in [1.82, 2.24) is 4.98 Å². The maximum absolute atomic E-state index is 13.3. The topological polar surface area (TPSA) is 77.3 Å². The molecule has 6 heteroatoms. The second kappa shape index (κ2) is 8.20. The van der Waals surface area contributed by atoms with Gasteiger partial charge in [0.1, 0.15) is 11.6 Å². The van der Waals surface area contributed by atoms with Crippen molar-refractivity contribution in [3.63, 3.8) is 0 Å². The van der Waals surface area contributed by atoms with Crippen molar-refractivity contribution in [2.24, 2.45) is 0 Å². The van der Waals surface area contributed by atoms with E-state index in [9.17, 15) is 15.3 Å². The summed E-state index contributed by atoms with van der Waals surface area (Å²) in [4.78, 5) is 20.3. The summed E-state index contributed by atoms with van der Waals surface area (Å²) in [5.41, 5.74) is 4.43. The van der Waals surface area contributed by atoms with Crippen molar-refractivity contribution in [2.45, 2.75) is 32.1 Å². The zero-order chi connectivity index (χ0) is 22.2. The van der Waals surface area contributed by atoms with E-state index in [1.54, 1.807) is 28.6 Å². The SMILES string of the molecule is Cc1ccc(C(O)=C2C(=N)N(c3cccnc3)C3=C(C(=O)CCC3)C2c2cccs2)cc1. The molecule has 3 aromatic rings. The highest BCUT2D eigenvalue weighted by molar-refractivity contribution is 7.10. The van der Waals surface area contributed by atoms with E-state index in [2.05, 4.69) is 4.98 Å². The fourth-order valence-electron chi connectivity index (χ4n) is 4.57. The number of aromatic nitrogens is 1. The van der Waals surface area contributed by atoms with Gasteiger partial charge < -0.3 is 5.11 Å². The Morgan fingerprint density at radius 2 is 1.97 bits per heavy atom. The lowest BCUT2D eigenvalue weighted by atomic mass is 9.76. The van der Waals surface area contributed by atoms with Crippen LogP contribution in [0, 0.1) is 12.3 Å². The number of rotatable bonds is 3. The Labute approximate surface area is 190 Å². The number of hydrogen-bond donors (Lipinski definition) is 2. The standard InChI is InChI=1S/C26H23N3O2S/c1-16-9-11-17(12-10-16)25(31)24-23(21-8-4-14-32-21)22-19(6-2-7-20(22)30)29(26(24)27)18-5-3-13-28-15-18/h3-5,8-15,23,27,31H,2,6-7H2,1H3. The van der Waals surface area contributed by atoms with Crippen molar-refractivity contribution < 1.29 is 9.90 Å². The molecule has 2 aromatic heterocycles. The quantitative estimate of drug-likeness (QED) is 0.488. The fraction of sp³-hybridized carbons (Fsp3) is 0.192. The second-order valence-electron chi connectivity index (χ2n) is 8.11. The predicted molar refractivity (Wildman–Crippen MR) is 128 cm³/mol. The Morgan fingerprint density at radius 3 is 2.66 bits per heavy atom. The van der Waals surface area contributed by atoms with Gasteiger partial charge in [-0.25, -0.2) is 0 Å². The van der Waals surface area contributed by atoms with E-state index in [4.69, 9.17) is 0 Å². The minimum atomic E-state index is -0.459. The van der Waals surface area contributed by atoms with E-state index in [1.165, 1.54) is 0 Å². The number of aliphatic hydroxyl groups is 1. The summed E-state index contributed by atoms with van der Waals surface area (Å²) in [6.07, 6.45) is 5.33. The molecule has 1 aliphatic heterocycles. The number of hydrogen-bond acceptors (Lipinski definition) is 5. The molecule has 2 N–H and O–H groups in total. The molecule has 1 aromatic carbocycles. The third kappa shape index (κ3) is 3.37. The highest BCUT2D eigenvalue weighted by Crippen LogP contribution is 2.48. The Morgan fingerprint density at radius 1 is 1.16 bits per heavy atom. The van der Waals surface area contributed by atoms with Crippen molar-refractivity contribution in [3.8, 4) is 0 Å². The van der Waals surface area contributed by atoms with E-state index < -0.39 is 5.92 Å². The molecule has 32 heavy (non-hydrogen) atoms. The summed E-state index contributed by atoms with van der Waals surface area (Å²) in [5.74, 6) is -0.157. The Bertz CT molecular complexity index is 1240. The number of allylic oxidation sites excluding steroid dienone is 2. The molecular weight excluding hydrogens is 418 g/mol. The van der Waals surface area contributed by atoms with E-state index in [0.29, 0.717) is 29.6 Å². The van der Waals surface area contributed by atoms with Gasteiger partial charge in [0, 0.05) is 34.3 Å². The first kappa shape index (κ1) is 20.4. The first-order valence-corrected chi connectivity index (χ1v) is 11.5. The van der Waals surface area contributed by atoms with Crippen molar-refractivity contribution in [3.05, 3.63) is 99.2 Å². The van der Waals surface area contributed by atoms with Crippen molar-refractivity contribution in [2.75, 3.05) is 4.90 Å². The van der Waals surface area contributed by atoms with E-state index in [-0.39, 0.29) is 17.4 Å². The number of benzene rings is 1. The highest BCUT2D eigenvalue weighted by Gasteiger charge is 2.43. The van der Waals surface area contributed by atoms with Gasteiger partial charge in [-0.2, -0.15) is 0 Å². The van der Waals surface area contributed by atoms with Crippen LogP contribution in [0.15, 0.2) is 83.1 Å². The molecule has 0 fully saturated rings. The third-order valence-electron chi connectivity index (χ3n) is 6.07. The molecule has 0 bridgehead atoms. The minimum absolute atomic E-state index is 0.0345. The average Bonchev–Trinajstić information content (AvgIpc) is 3.34. The summed E-state index contributed by atoms with van der Waals surface area (Å²) in [7, 11) is 0. The van der Waals surface area contributed by atoms with Gasteiger partial charge in [-0.05, 0) is 43.3 Å². The molecule has 3 heterocycles. The number of pyridine rings is 1. The van der Waals surface area contributed by atoms with Gasteiger partial charge in [0.05, 0.1) is 23.4 Å². The van der Waals surface area contributed by atoms with Gasteiger partial charge in [0.15, 0.2) is 5.78 Å². The normalized spacial score (nSPS) is 20.4. The number of amidine groups is 1. The van der Waals surface area contributed by atoms with Gasteiger partial charge >= 0.3 is 0 Å². The smallest absolute Gasteiger partial charge is 0.161 e. The van der Waals surface area contributed by atoms with Gasteiger partial charge in [0.2, 0.25) is 0 Å². The van der Waals surface area contributed by atoms with Crippen LogP contribution in [-0.4, -0.2) is 21.7 Å². The monoisotopic (exact) mass is 441 g/mol. The molecule has 0 saturated heterocycles. The van der Waals surface area contributed by atoms with Gasteiger partial charge in [-0.1, -0.05) is 35.9 Å². The molecule has 0 saturated carbocycles. The van der Waals surface area contributed by atoms with Crippen LogP contribution in [0.3, 0.4) is 0 Å². The molecule has 160 valence electrons. The van der Waals surface area contributed by atoms with E-state index in [1.807, 2.05) is 60.8 Å². The van der Waals surface area contributed by atoms with Crippen LogP contribution in [0.1, 0.15) is 41.2 Å². The van der Waals surface area contributed by atoms with Crippen LogP contribution < -0.4 is 4.90 Å². The molecule has 0 radical (unpaired) electrons.